The number of nitrogens with one attached hydrogen (secondary N) is 2. The van der Waals surface area contributed by atoms with E-state index in [-0.39, 0.29) is 17.9 Å². The van der Waals surface area contributed by atoms with Gasteiger partial charge in [-0.25, -0.2) is 4.98 Å². The molecule has 2 atom stereocenters. The number of aromatic amines is 1. The fourth-order valence-corrected chi connectivity index (χ4v) is 2.26. The molecular weight excluding hydrogens is 254 g/mol. The Morgan fingerprint density at radius 3 is 3.05 bits per heavy atom. The molecule has 0 amide bonds. The summed E-state index contributed by atoms with van der Waals surface area (Å²) in [6.07, 6.45) is 4.60. The molecule has 2 unspecified atom stereocenters. The maximum Gasteiger partial charge on any atom is 0.323 e. The molecule has 2 heterocycles. The van der Waals surface area contributed by atoms with Crippen LogP contribution in [0.1, 0.15) is 25.8 Å². The number of methoxy groups -OCH3 is 1. The zero-order valence-corrected chi connectivity index (χ0v) is 12.1. The summed E-state index contributed by atoms with van der Waals surface area (Å²) in [6.45, 7) is 4.72. The topological polar surface area (TPSA) is 67.0 Å². The number of rotatable bonds is 6. The van der Waals surface area contributed by atoms with Crippen LogP contribution >= 0.6 is 0 Å². The number of aromatic nitrogens is 2. The normalized spacial score (nSPS) is 14.2. The first kappa shape index (κ1) is 14.5. The fraction of sp³-hybridized carbons (Fsp3) is 0.467. The summed E-state index contributed by atoms with van der Waals surface area (Å²) in [7, 11) is 1.43. The summed E-state index contributed by atoms with van der Waals surface area (Å²) >= 11 is 0. The molecule has 2 aromatic heterocycles. The van der Waals surface area contributed by atoms with E-state index in [0.29, 0.717) is 6.54 Å². The molecule has 0 saturated carbocycles. The van der Waals surface area contributed by atoms with Crippen molar-refractivity contribution in [3.8, 4) is 0 Å². The fourth-order valence-electron chi connectivity index (χ4n) is 2.26. The van der Waals surface area contributed by atoms with Crippen LogP contribution in [0.15, 0.2) is 24.5 Å². The predicted molar refractivity (Wildman–Crippen MR) is 78.2 cm³/mol. The lowest BCUT2D eigenvalue weighted by atomic mass is 9.99. The maximum absolute atomic E-state index is 11.8. The number of nitrogens with zero attached hydrogens (tertiary/aromatic N) is 1. The Labute approximate surface area is 118 Å². The van der Waals surface area contributed by atoms with Gasteiger partial charge in [0.1, 0.15) is 11.7 Å². The lowest BCUT2D eigenvalue weighted by Crippen LogP contribution is -2.42. The first-order valence-electron chi connectivity index (χ1n) is 6.89. The van der Waals surface area contributed by atoms with Crippen LogP contribution in [0, 0.1) is 5.92 Å². The van der Waals surface area contributed by atoms with E-state index in [0.717, 1.165) is 23.0 Å². The molecule has 0 aliphatic heterocycles. The van der Waals surface area contributed by atoms with Crippen molar-refractivity contribution in [2.24, 2.45) is 5.92 Å². The first-order valence-corrected chi connectivity index (χ1v) is 6.89. The Hall–Kier alpha value is -1.88. The SMILES string of the molecule is CCC(C)C(NCc1c[nH]c2ncccc12)C(=O)OC. The minimum atomic E-state index is -0.286. The van der Waals surface area contributed by atoms with Crippen molar-refractivity contribution in [1.29, 1.82) is 0 Å². The van der Waals surface area contributed by atoms with Gasteiger partial charge in [-0.05, 0) is 23.6 Å². The molecule has 0 fully saturated rings. The van der Waals surface area contributed by atoms with Crippen LogP contribution in [0.3, 0.4) is 0 Å². The Morgan fingerprint density at radius 1 is 1.55 bits per heavy atom. The van der Waals surface area contributed by atoms with Gasteiger partial charge in [0.25, 0.3) is 0 Å². The predicted octanol–water partition coefficient (Wildman–Crippen LogP) is 2.24. The molecule has 2 aromatic rings. The number of hydrogen-bond acceptors (Lipinski definition) is 4. The molecule has 0 saturated heterocycles. The molecule has 0 bridgehead atoms. The minimum absolute atomic E-state index is 0.211. The number of ether oxygens (including phenoxy) is 1. The second-order valence-corrected chi connectivity index (χ2v) is 4.98. The molecule has 0 spiro atoms. The van der Waals surface area contributed by atoms with Crippen molar-refractivity contribution in [3.05, 3.63) is 30.1 Å². The van der Waals surface area contributed by atoms with Gasteiger partial charge in [0.2, 0.25) is 0 Å². The number of pyridine rings is 1. The van der Waals surface area contributed by atoms with E-state index in [1.54, 1.807) is 6.20 Å². The summed E-state index contributed by atoms with van der Waals surface area (Å²) in [5.41, 5.74) is 1.97. The highest BCUT2D eigenvalue weighted by atomic mass is 16.5. The molecule has 5 nitrogen and oxygen atoms in total. The van der Waals surface area contributed by atoms with Crippen molar-refractivity contribution in [2.45, 2.75) is 32.9 Å². The monoisotopic (exact) mass is 275 g/mol. The molecule has 5 heteroatoms. The van der Waals surface area contributed by atoms with Crippen LogP contribution in [0.4, 0.5) is 0 Å². The van der Waals surface area contributed by atoms with Gasteiger partial charge in [-0.15, -0.1) is 0 Å². The smallest absolute Gasteiger partial charge is 0.323 e. The van der Waals surface area contributed by atoms with E-state index in [2.05, 4.69) is 22.2 Å². The standard InChI is InChI=1S/C15H21N3O2/c1-4-10(2)13(15(19)20-3)17-8-11-9-18-14-12(11)6-5-7-16-14/h5-7,9-10,13,17H,4,8H2,1-3H3,(H,16,18). The highest BCUT2D eigenvalue weighted by Gasteiger charge is 2.24. The van der Waals surface area contributed by atoms with E-state index in [4.69, 9.17) is 4.74 Å². The van der Waals surface area contributed by atoms with Gasteiger partial charge in [0.05, 0.1) is 7.11 Å². The summed E-state index contributed by atoms with van der Waals surface area (Å²) in [5, 5.41) is 4.37. The van der Waals surface area contributed by atoms with Crippen molar-refractivity contribution in [3.63, 3.8) is 0 Å². The van der Waals surface area contributed by atoms with E-state index in [1.807, 2.05) is 25.3 Å². The Kier molecular flexibility index (Phi) is 4.74. The molecule has 20 heavy (non-hydrogen) atoms. The van der Waals surface area contributed by atoms with Crippen LogP contribution < -0.4 is 5.32 Å². The van der Waals surface area contributed by atoms with Crippen LogP contribution in [-0.4, -0.2) is 29.1 Å². The molecule has 0 aromatic carbocycles. The van der Waals surface area contributed by atoms with E-state index >= 15 is 0 Å². The van der Waals surface area contributed by atoms with E-state index in [1.165, 1.54) is 7.11 Å². The second kappa shape index (κ2) is 6.52. The Balaban J connectivity index is 2.11. The minimum Gasteiger partial charge on any atom is -0.468 e. The highest BCUT2D eigenvalue weighted by Crippen LogP contribution is 2.16. The quantitative estimate of drug-likeness (QED) is 0.793. The maximum atomic E-state index is 11.8. The third-order valence-corrected chi connectivity index (χ3v) is 3.72. The molecule has 0 aliphatic carbocycles. The number of H-pyrrole nitrogens is 1. The zero-order chi connectivity index (χ0) is 14.5. The number of hydrogen-bond donors (Lipinski definition) is 2. The van der Waals surface area contributed by atoms with Crippen LogP contribution in [0.25, 0.3) is 11.0 Å². The summed E-state index contributed by atoms with van der Waals surface area (Å²) in [4.78, 5) is 19.2. The molecule has 0 radical (unpaired) electrons. The Bertz CT molecular complexity index is 579. The van der Waals surface area contributed by atoms with E-state index in [9.17, 15) is 4.79 Å². The second-order valence-electron chi connectivity index (χ2n) is 4.98. The van der Waals surface area contributed by atoms with Crippen LogP contribution in [0.5, 0.6) is 0 Å². The van der Waals surface area contributed by atoms with Gasteiger partial charge >= 0.3 is 5.97 Å². The third kappa shape index (κ3) is 2.99. The van der Waals surface area contributed by atoms with E-state index < -0.39 is 0 Å². The van der Waals surface area contributed by atoms with Gasteiger partial charge in [0, 0.05) is 24.3 Å². The number of carbonyl (C=O) groups excluding carboxylic acids is 1. The highest BCUT2D eigenvalue weighted by molar-refractivity contribution is 5.79. The number of carbonyl (C=O) groups is 1. The van der Waals surface area contributed by atoms with Gasteiger partial charge in [-0.2, -0.15) is 0 Å². The largest absolute Gasteiger partial charge is 0.468 e. The molecule has 2 rings (SSSR count). The van der Waals surface area contributed by atoms with Crippen molar-refractivity contribution in [1.82, 2.24) is 15.3 Å². The van der Waals surface area contributed by atoms with Gasteiger partial charge in [0.15, 0.2) is 0 Å². The Morgan fingerprint density at radius 2 is 2.35 bits per heavy atom. The molecule has 0 aliphatic rings. The number of fused-ring (bicyclic) bond motifs is 1. The first-order chi connectivity index (χ1) is 9.67. The lowest BCUT2D eigenvalue weighted by Gasteiger charge is -2.21. The van der Waals surface area contributed by atoms with Crippen molar-refractivity contribution < 1.29 is 9.53 Å². The zero-order valence-electron chi connectivity index (χ0n) is 12.1. The third-order valence-electron chi connectivity index (χ3n) is 3.72. The van der Waals surface area contributed by atoms with Crippen LogP contribution in [-0.2, 0) is 16.1 Å². The van der Waals surface area contributed by atoms with Crippen molar-refractivity contribution >= 4 is 17.0 Å². The summed E-state index contributed by atoms with van der Waals surface area (Å²) in [5.74, 6) is 0.0168. The van der Waals surface area contributed by atoms with Gasteiger partial charge in [-0.1, -0.05) is 20.3 Å². The van der Waals surface area contributed by atoms with Gasteiger partial charge in [-0.3, -0.25) is 10.1 Å². The molecule has 108 valence electrons. The average Bonchev–Trinajstić information content (AvgIpc) is 2.90. The number of esters is 1. The average molecular weight is 275 g/mol. The summed E-state index contributed by atoms with van der Waals surface area (Å²) < 4.78 is 4.87. The summed E-state index contributed by atoms with van der Waals surface area (Å²) in [6, 6.07) is 3.64. The van der Waals surface area contributed by atoms with Crippen LogP contribution in [0.2, 0.25) is 0 Å². The van der Waals surface area contributed by atoms with Crippen molar-refractivity contribution in [2.75, 3.05) is 7.11 Å². The molecular formula is C15H21N3O2. The molecule has 2 N–H and O–H groups in total. The lowest BCUT2D eigenvalue weighted by molar-refractivity contribution is -0.144. The van der Waals surface area contributed by atoms with Gasteiger partial charge < -0.3 is 9.72 Å².